The highest BCUT2D eigenvalue weighted by atomic mass is 35.6. The van der Waals surface area contributed by atoms with E-state index in [1.807, 2.05) is 18.2 Å². The average Bonchev–Trinajstić information content (AvgIpc) is 2.27. The van der Waals surface area contributed by atoms with Crippen molar-refractivity contribution in [3.8, 4) is 0 Å². The smallest absolute Gasteiger partial charge is 0.322 e. The first-order valence-corrected chi connectivity index (χ1v) is 8.15. The zero-order valence-electron chi connectivity index (χ0n) is 8.79. The van der Waals surface area contributed by atoms with Crippen LogP contribution in [0.4, 0.5) is 0 Å². The summed E-state index contributed by atoms with van der Waals surface area (Å²) >= 11 is 6.54. The minimum absolute atomic E-state index is 0.992. The molecule has 0 aliphatic heterocycles. The summed E-state index contributed by atoms with van der Waals surface area (Å²) < 4.78 is 5.53. The summed E-state index contributed by atoms with van der Waals surface area (Å²) in [7, 11) is -0.424. The fourth-order valence-corrected chi connectivity index (χ4v) is 4.46. The molecular formula is C11H17ClOSi. The second kappa shape index (κ2) is 5.54. The number of rotatable bonds is 5. The van der Waals surface area contributed by atoms with Crippen LogP contribution in [0.2, 0.25) is 6.04 Å². The second-order valence-electron chi connectivity index (χ2n) is 3.40. The van der Waals surface area contributed by atoms with Gasteiger partial charge in [0.1, 0.15) is 0 Å². The third-order valence-corrected chi connectivity index (χ3v) is 6.90. The predicted molar refractivity (Wildman–Crippen MR) is 64.4 cm³/mol. The van der Waals surface area contributed by atoms with Crippen LogP contribution >= 0.6 is 11.1 Å². The molecule has 0 aliphatic rings. The summed E-state index contributed by atoms with van der Waals surface area (Å²) in [6, 6.07) is 11.2. The van der Waals surface area contributed by atoms with Gasteiger partial charge in [0.05, 0.1) is 0 Å². The molecule has 0 saturated carbocycles. The highest BCUT2D eigenvalue weighted by molar-refractivity contribution is 7.23. The van der Waals surface area contributed by atoms with E-state index < -0.39 is 7.63 Å². The molecule has 0 N–H and O–H groups in total. The Kier molecular flexibility index (Phi) is 4.65. The van der Waals surface area contributed by atoms with Gasteiger partial charge in [-0.3, -0.25) is 0 Å². The maximum Gasteiger partial charge on any atom is 0.322 e. The standard InChI is InChI=1S/C11H17ClOSi/c1-3-4-10-14(12,13-2)11-8-6-5-7-9-11/h5-9H,3-4,10H2,1-2H3. The summed E-state index contributed by atoms with van der Waals surface area (Å²) in [5.41, 5.74) is 0. The topological polar surface area (TPSA) is 9.23 Å². The summed E-state index contributed by atoms with van der Waals surface area (Å²) in [5, 5.41) is 1.18. The lowest BCUT2D eigenvalue weighted by Crippen LogP contribution is -2.44. The Labute approximate surface area is 91.9 Å². The lowest BCUT2D eigenvalue weighted by Gasteiger charge is -2.22. The SMILES string of the molecule is CCCC[Si](Cl)(OC)c1ccccc1. The predicted octanol–water partition coefficient (Wildman–Crippen LogP) is 3.02. The lowest BCUT2D eigenvalue weighted by atomic mass is 10.4. The molecule has 0 aromatic heterocycles. The quantitative estimate of drug-likeness (QED) is 0.556. The maximum atomic E-state index is 6.54. The molecule has 0 saturated heterocycles. The number of hydrogen-bond acceptors (Lipinski definition) is 1. The van der Waals surface area contributed by atoms with Crippen LogP contribution < -0.4 is 5.19 Å². The van der Waals surface area contributed by atoms with Crippen molar-refractivity contribution in [2.45, 2.75) is 25.8 Å². The van der Waals surface area contributed by atoms with Gasteiger partial charge in [-0.1, -0.05) is 50.1 Å². The van der Waals surface area contributed by atoms with Crippen molar-refractivity contribution in [2.24, 2.45) is 0 Å². The molecule has 0 fully saturated rings. The number of halogens is 1. The zero-order chi connectivity index (χ0) is 10.4. The maximum absolute atomic E-state index is 6.54. The van der Waals surface area contributed by atoms with E-state index in [0.717, 1.165) is 18.9 Å². The van der Waals surface area contributed by atoms with E-state index in [1.165, 1.54) is 5.19 Å². The van der Waals surface area contributed by atoms with Gasteiger partial charge in [-0.2, -0.15) is 0 Å². The van der Waals surface area contributed by atoms with Crippen LogP contribution in [-0.4, -0.2) is 14.7 Å². The Morgan fingerprint density at radius 2 is 1.93 bits per heavy atom. The normalized spacial score (nSPS) is 15.1. The van der Waals surface area contributed by atoms with Crippen LogP contribution in [0, 0.1) is 0 Å². The van der Waals surface area contributed by atoms with Crippen LogP contribution in [0.5, 0.6) is 0 Å². The van der Waals surface area contributed by atoms with Crippen molar-refractivity contribution in [1.82, 2.24) is 0 Å². The number of unbranched alkanes of at least 4 members (excludes halogenated alkanes) is 1. The molecule has 1 atom stereocenters. The summed E-state index contributed by atoms with van der Waals surface area (Å²) in [4.78, 5) is 0. The highest BCUT2D eigenvalue weighted by Crippen LogP contribution is 2.19. The first-order valence-electron chi connectivity index (χ1n) is 5.02. The number of hydrogen-bond donors (Lipinski definition) is 0. The van der Waals surface area contributed by atoms with E-state index in [9.17, 15) is 0 Å². The Morgan fingerprint density at radius 3 is 2.43 bits per heavy atom. The van der Waals surface area contributed by atoms with E-state index >= 15 is 0 Å². The molecule has 1 aromatic rings. The summed E-state index contributed by atoms with van der Waals surface area (Å²) in [6.07, 6.45) is 2.30. The van der Waals surface area contributed by atoms with Gasteiger partial charge in [0.15, 0.2) is 0 Å². The molecule has 1 nitrogen and oxygen atoms in total. The van der Waals surface area contributed by atoms with Crippen molar-refractivity contribution in [3.63, 3.8) is 0 Å². The molecule has 0 heterocycles. The third kappa shape index (κ3) is 2.84. The van der Waals surface area contributed by atoms with Gasteiger partial charge in [0.25, 0.3) is 0 Å². The van der Waals surface area contributed by atoms with E-state index in [-0.39, 0.29) is 0 Å². The van der Waals surface area contributed by atoms with E-state index in [0.29, 0.717) is 0 Å². The van der Waals surface area contributed by atoms with Crippen LogP contribution in [0.25, 0.3) is 0 Å². The Morgan fingerprint density at radius 1 is 1.29 bits per heavy atom. The molecule has 0 spiro atoms. The molecule has 78 valence electrons. The third-order valence-electron chi connectivity index (χ3n) is 2.38. The van der Waals surface area contributed by atoms with Crippen molar-refractivity contribution < 1.29 is 4.43 Å². The monoisotopic (exact) mass is 228 g/mol. The lowest BCUT2D eigenvalue weighted by molar-refractivity contribution is 0.419. The largest absolute Gasteiger partial charge is 0.403 e. The molecular weight excluding hydrogens is 212 g/mol. The highest BCUT2D eigenvalue weighted by Gasteiger charge is 2.33. The minimum atomic E-state index is -2.15. The van der Waals surface area contributed by atoms with Crippen LogP contribution in [0.1, 0.15) is 19.8 Å². The van der Waals surface area contributed by atoms with E-state index in [2.05, 4.69) is 19.1 Å². The summed E-state index contributed by atoms with van der Waals surface area (Å²) in [6.45, 7) is 2.17. The van der Waals surface area contributed by atoms with Gasteiger partial charge in [-0.15, -0.1) is 11.1 Å². The van der Waals surface area contributed by atoms with Crippen molar-refractivity contribution >= 4 is 23.9 Å². The van der Waals surface area contributed by atoms with Gasteiger partial charge in [0.2, 0.25) is 0 Å². The molecule has 14 heavy (non-hydrogen) atoms. The Bertz CT molecular complexity index is 265. The van der Waals surface area contributed by atoms with Crippen molar-refractivity contribution in [1.29, 1.82) is 0 Å². The van der Waals surface area contributed by atoms with Gasteiger partial charge in [-0.05, 0) is 11.2 Å². The van der Waals surface area contributed by atoms with E-state index in [1.54, 1.807) is 7.11 Å². The fourth-order valence-electron chi connectivity index (χ4n) is 1.46. The Balaban J connectivity index is 2.79. The summed E-state index contributed by atoms with van der Waals surface area (Å²) in [5.74, 6) is 0. The molecule has 1 unspecified atom stereocenters. The molecule has 0 aliphatic carbocycles. The molecule has 1 rings (SSSR count). The molecule has 0 amide bonds. The van der Waals surface area contributed by atoms with Crippen LogP contribution in [0.15, 0.2) is 30.3 Å². The second-order valence-corrected chi connectivity index (χ2v) is 8.18. The van der Waals surface area contributed by atoms with E-state index in [4.69, 9.17) is 15.5 Å². The van der Waals surface area contributed by atoms with Crippen LogP contribution in [-0.2, 0) is 4.43 Å². The van der Waals surface area contributed by atoms with Crippen molar-refractivity contribution in [3.05, 3.63) is 30.3 Å². The van der Waals surface area contributed by atoms with Crippen LogP contribution in [0.3, 0.4) is 0 Å². The molecule has 0 bridgehead atoms. The Hall–Kier alpha value is -0.313. The average molecular weight is 229 g/mol. The minimum Gasteiger partial charge on any atom is -0.403 e. The fraction of sp³-hybridized carbons (Fsp3) is 0.455. The van der Waals surface area contributed by atoms with Gasteiger partial charge in [-0.25, -0.2) is 0 Å². The van der Waals surface area contributed by atoms with Gasteiger partial charge >= 0.3 is 7.63 Å². The molecule has 1 aromatic carbocycles. The number of benzene rings is 1. The molecule has 0 radical (unpaired) electrons. The first kappa shape index (κ1) is 11.8. The van der Waals surface area contributed by atoms with Gasteiger partial charge < -0.3 is 4.43 Å². The molecule has 3 heteroatoms. The van der Waals surface area contributed by atoms with Gasteiger partial charge in [0, 0.05) is 7.11 Å². The first-order chi connectivity index (χ1) is 6.73. The zero-order valence-corrected chi connectivity index (χ0v) is 10.6. The van der Waals surface area contributed by atoms with Crippen molar-refractivity contribution in [2.75, 3.05) is 7.11 Å².